The quantitative estimate of drug-likeness (QED) is 0.404. The molecule has 3 aromatic carbocycles. The molecule has 1 atom stereocenters. The van der Waals surface area contributed by atoms with E-state index in [2.05, 4.69) is 84.5 Å². The second-order valence-electron chi connectivity index (χ2n) is 8.30. The molecule has 0 fully saturated rings. The number of rotatable bonds is 3. The highest BCUT2D eigenvalue weighted by molar-refractivity contribution is 5.90. The molecule has 2 heterocycles. The van der Waals surface area contributed by atoms with Crippen molar-refractivity contribution in [1.29, 1.82) is 0 Å². The fraction of sp³-hybridized carbons (Fsp3) is 0.179. The zero-order valence-electron chi connectivity index (χ0n) is 18.5. The monoisotopic (exact) mass is 421 g/mol. The molecule has 32 heavy (non-hydrogen) atoms. The first-order chi connectivity index (χ1) is 15.7. The Kier molecular flexibility index (Phi) is 5.28. The van der Waals surface area contributed by atoms with Crippen LogP contribution in [0.3, 0.4) is 0 Å². The lowest BCUT2D eigenvalue weighted by molar-refractivity contribution is 0.194. The molecule has 1 N–H and O–H groups in total. The molecule has 2 amide bonds. The Morgan fingerprint density at radius 2 is 1.69 bits per heavy atom. The zero-order chi connectivity index (χ0) is 22.1. The maximum Gasteiger partial charge on any atom is 0.322 e. The van der Waals surface area contributed by atoms with Crippen molar-refractivity contribution in [3.63, 3.8) is 0 Å². The largest absolute Gasteiger partial charge is 0.322 e. The Morgan fingerprint density at radius 1 is 0.938 bits per heavy atom. The van der Waals surface area contributed by atoms with Gasteiger partial charge in [0.25, 0.3) is 0 Å². The zero-order valence-corrected chi connectivity index (χ0v) is 18.5. The van der Waals surface area contributed by atoms with Gasteiger partial charge in [0.05, 0.1) is 12.2 Å². The van der Waals surface area contributed by atoms with Crippen molar-refractivity contribution in [2.75, 3.05) is 5.32 Å². The average Bonchev–Trinajstić information content (AvgIpc) is 3.25. The van der Waals surface area contributed by atoms with Crippen molar-refractivity contribution in [1.82, 2.24) is 9.47 Å². The number of hydrogen-bond acceptors (Lipinski definition) is 1. The number of carbonyl (C=O) groups excluding carboxylic acids is 1. The van der Waals surface area contributed by atoms with Crippen LogP contribution in [0.4, 0.5) is 10.5 Å². The van der Waals surface area contributed by atoms with Crippen LogP contribution < -0.4 is 5.32 Å². The molecule has 0 spiro atoms. The highest BCUT2D eigenvalue weighted by Crippen LogP contribution is 2.38. The van der Waals surface area contributed by atoms with Crippen LogP contribution in [0.2, 0.25) is 0 Å². The van der Waals surface area contributed by atoms with Gasteiger partial charge >= 0.3 is 6.03 Å². The maximum atomic E-state index is 13.7. The summed E-state index contributed by atoms with van der Waals surface area (Å²) in [7, 11) is 0. The molecule has 0 saturated carbocycles. The number of para-hydroxylation sites is 1. The van der Waals surface area contributed by atoms with Gasteiger partial charge in [-0.25, -0.2) is 4.79 Å². The molecule has 160 valence electrons. The lowest BCUT2D eigenvalue weighted by atomic mass is 9.97. The molecular weight excluding hydrogens is 394 g/mol. The van der Waals surface area contributed by atoms with E-state index < -0.39 is 0 Å². The summed E-state index contributed by atoms with van der Waals surface area (Å²) in [4.78, 5) is 15.7. The molecule has 1 aliphatic heterocycles. The van der Waals surface area contributed by atoms with Crippen molar-refractivity contribution in [2.24, 2.45) is 0 Å². The molecule has 0 bridgehead atoms. The predicted octanol–water partition coefficient (Wildman–Crippen LogP) is 6.49. The summed E-state index contributed by atoms with van der Waals surface area (Å²) in [5.74, 6) is 0. The Hall–Kier alpha value is -3.79. The average molecular weight is 422 g/mol. The smallest absolute Gasteiger partial charge is 0.318 e. The van der Waals surface area contributed by atoms with E-state index >= 15 is 0 Å². The highest BCUT2D eigenvalue weighted by atomic mass is 16.2. The van der Waals surface area contributed by atoms with Crippen molar-refractivity contribution in [2.45, 2.75) is 32.9 Å². The van der Waals surface area contributed by atoms with Crippen molar-refractivity contribution in [3.8, 4) is 5.69 Å². The Morgan fingerprint density at radius 3 is 2.47 bits per heavy atom. The Bertz CT molecular complexity index is 1260. The molecule has 0 saturated heterocycles. The number of urea groups is 1. The van der Waals surface area contributed by atoms with Crippen LogP contribution in [0.25, 0.3) is 5.69 Å². The maximum absolute atomic E-state index is 13.7. The molecular formula is C28H27N3O. The summed E-state index contributed by atoms with van der Waals surface area (Å²) in [6.45, 7) is 4.76. The van der Waals surface area contributed by atoms with Gasteiger partial charge in [-0.1, -0.05) is 61.5 Å². The third-order valence-electron chi connectivity index (χ3n) is 6.32. The number of benzene rings is 3. The number of nitrogens with zero attached hydrogens (tertiary/aromatic N) is 2. The second kappa shape index (κ2) is 8.39. The standard InChI is InChI=1S/C28H27N3O/c1-3-21-14-16-23(17-15-21)29-28(32)31-19-22-10-5-7-12-25(22)30-18-8-13-26(30)27(31)24-11-6-4-9-20(24)2/h4-18,27H,3,19H2,1-2H3,(H,29,32)/t27-/m1/s1. The van der Waals surface area contributed by atoms with Crippen LogP contribution in [0.1, 0.15) is 40.9 Å². The number of fused-ring (bicyclic) bond motifs is 3. The Labute approximate surface area is 189 Å². The molecule has 5 rings (SSSR count). The van der Waals surface area contributed by atoms with Crippen LogP contribution in [0.15, 0.2) is 91.1 Å². The van der Waals surface area contributed by atoms with Crippen LogP contribution in [-0.2, 0) is 13.0 Å². The molecule has 1 aromatic heterocycles. The van der Waals surface area contributed by atoms with Crippen molar-refractivity contribution < 1.29 is 4.79 Å². The lowest BCUT2D eigenvalue weighted by Gasteiger charge is -2.32. The van der Waals surface area contributed by atoms with E-state index in [9.17, 15) is 4.79 Å². The first-order valence-electron chi connectivity index (χ1n) is 11.1. The summed E-state index contributed by atoms with van der Waals surface area (Å²) < 4.78 is 2.22. The minimum atomic E-state index is -0.200. The van der Waals surface area contributed by atoms with E-state index in [0.29, 0.717) is 6.54 Å². The number of aryl methyl sites for hydroxylation is 2. The highest BCUT2D eigenvalue weighted by Gasteiger charge is 2.33. The second-order valence-corrected chi connectivity index (χ2v) is 8.30. The van der Waals surface area contributed by atoms with E-state index in [1.807, 2.05) is 35.2 Å². The molecule has 0 unspecified atom stereocenters. The number of aromatic nitrogens is 1. The first-order valence-corrected chi connectivity index (χ1v) is 11.1. The van der Waals surface area contributed by atoms with Crippen LogP contribution in [0, 0.1) is 6.92 Å². The minimum Gasteiger partial charge on any atom is -0.318 e. The topological polar surface area (TPSA) is 37.3 Å². The molecule has 0 aliphatic carbocycles. The van der Waals surface area contributed by atoms with Gasteiger partial charge in [-0.15, -0.1) is 0 Å². The fourth-order valence-corrected chi connectivity index (χ4v) is 4.58. The number of anilines is 1. The van der Waals surface area contributed by atoms with E-state index in [1.165, 1.54) is 11.1 Å². The van der Waals surface area contributed by atoms with Crippen molar-refractivity contribution >= 4 is 11.7 Å². The van der Waals surface area contributed by atoms with E-state index in [-0.39, 0.29) is 12.1 Å². The number of hydrogen-bond donors (Lipinski definition) is 1. The van der Waals surface area contributed by atoms with Gasteiger partial charge in [0.15, 0.2) is 0 Å². The number of amides is 2. The van der Waals surface area contributed by atoms with Crippen LogP contribution in [-0.4, -0.2) is 15.5 Å². The van der Waals surface area contributed by atoms with Gasteiger partial charge in [0.1, 0.15) is 6.04 Å². The summed E-state index contributed by atoms with van der Waals surface area (Å²) in [5.41, 5.74) is 7.69. The van der Waals surface area contributed by atoms with Gasteiger partial charge in [-0.2, -0.15) is 0 Å². The van der Waals surface area contributed by atoms with E-state index in [4.69, 9.17) is 0 Å². The van der Waals surface area contributed by atoms with Crippen LogP contribution in [0.5, 0.6) is 0 Å². The number of nitrogens with one attached hydrogen (secondary N) is 1. The Balaban J connectivity index is 1.61. The van der Waals surface area contributed by atoms with Gasteiger partial charge in [-0.05, 0) is 65.9 Å². The summed E-state index contributed by atoms with van der Waals surface area (Å²) in [6.07, 6.45) is 3.06. The van der Waals surface area contributed by atoms with Gasteiger partial charge in [-0.3, -0.25) is 0 Å². The fourth-order valence-electron chi connectivity index (χ4n) is 4.58. The van der Waals surface area contributed by atoms with Gasteiger partial charge in [0, 0.05) is 17.6 Å². The molecule has 4 aromatic rings. The lowest BCUT2D eigenvalue weighted by Crippen LogP contribution is -2.38. The third-order valence-corrected chi connectivity index (χ3v) is 6.32. The minimum absolute atomic E-state index is 0.105. The SMILES string of the molecule is CCc1ccc(NC(=O)N2Cc3ccccc3-n3cccc3[C@H]2c2ccccc2C)cc1. The van der Waals surface area contributed by atoms with Gasteiger partial charge in [0.2, 0.25) is 0 Å². The van der Waals surface area contributed by atoms with E-state index in [0.717, 1.165) is 34.6 Å². The summed E-state index contributed by atoms with van der Waals surface area (Å²) >= 11 is 0. The van der Waals surface area contributed by atoms with Crippen LogP contribution >= 0.6 is 0 Å². The van der Waals surface area contributed by atoms with Crippen molar-refractivity contribution in [3.05, 3.63) is 119 Å². The number of carbonyl (C=O) groups is 1. The summed E-state index contributed by atoms with van der Waals surface area (Å²) in [5, 5.41) is 3.14. The molecule has 1 aliphatic rings. The van der Waals surface area contributed by atoms with E-state index in [1.54, 1.807) is 0 Å². The summed E-state index contributed by atoms with van der Waals surface area (Å²) in [6, 6.07) is 28.6. The predicted molar refractivity (Wildman–Crippen MR) is 129 cm³/mol. The van der Waals surface area contributed by atoms with Gasteiger partial charge < -0.3 is 14.8 Å². The molecule has 0 radical (unpaired) electrons. The third kappa shape index (κ3) is 3.58. The first kappa shape index (κ1) is 20.1. The molecule has 4 heteroatoms. The molecule has 4 nitrogen and oxygen atoms in total. The normalized spacial score (nSPS) is 14.9.